The van der Waals surface area contributed by atoms with Crippen LogP contribution in [-0.4, -0.2) is 106 Å². The minimum Gasteiger partial charge on any atom is -0.469 e. The molecule has 17 nitrogen and oxygen atoms in total. The van der Waals surface area contributed by atoms with Crippen LogP contribution in [0.2, 0.25) is 0 Å². The molecule has 0 radical (unpaired) electrons. The number of fused-ring (bicyclic) bond motifs is 1. The smallest absolute Gasteiger partial charge is 0.354 e. The van der Waals surface area contributed by atoms with E-state index in [4.69, 9.17) is 37.9 Å². The summed E-state index contributed by atoms with van der Waals surface area (Å²) >= 11 is 0. The van der Waals surface area contributed by atoms with E-state index in [0.29, 0.717) is 22.4 Å². The molecular weight excluding hydrogens is 712 g/mol. The molecule has 5 atom stereocenters. The van der Waals surface area contributed by atoms with E-state index in [1.54, 1.807) is 31.2 Å². The van der Waals surface area contributed by atoms with Crippen molar-refractivity contribution in [2.24, 2.45) is 0 Å². The molecule has 290 valence electrons. The molecule has 54 heavy (non-hydrogen) atoms. The zero-order chi connectivity index (χ0) is 39.2. The van der Waals surface area contributed by atoms with Gasteiger partial charge in [-0.15, -0.1) is 0 Å². The molecule has 0 unspecified atom stereocenters. The first-order valence-corrected chi connectivity index (χ1v) is 17.1. The summed E-state index contributed by atoms with van der Waals surface area (Å²) in [5.41, 5.74) is 0.517. The van der Waals surface area contributed by atoms with E-state index < -0.39 is 78.3 Å². The summed E-state index contributed by atoms with van der Waals surface area (Å²) in [7, 11) is 4.78. The Hall–Kier alpha value is -5.55. The van der Waals surface area contributed by atoms with E-state index in [9.17, 15) is 33.6 Å². The Morgan fingerprint density at radius 2 is 1.48 bits per heavy atom. The third-order valence-corrected chi connectivity index (χ3v) is 9.60. The van der Waals surface area contributed by atoms with Gasteiger partial charge in [0.2, 0.25) is 12.0 Å². The summed E-state index contributed by atoms with van der Waals surface area (Å²) in [5, 5.41) is 2.89. The molecule has 0 spiro atoms. The fourth-order valence-corrected chi connectivity index (χ4v) is 6.86. The number of hydrogen-bond acceptors (Lipinski definition) is 15. The third-order valence-electron chi connectivity index (χ3n) is 9.60. The van der Waals surface area contributed by atoms with Crippen molar-refractivity contribution in [3.63, 3.8) is 0 Å². The second kappa shape index (κ2) is 17.1. The number of esters is 6. The number of nitrogens with one attached hydrogen (secondary N) is 2. The van der Waals surface area contributed by atoms with Crippen molar-refractivity contribution in [1.82, 2.24) is 10.3 Å². The topological polar surface area (TPSA) is 221 Å². The fourth-order valence-electron chi connectivity index (χ4n) is 6.86. The number of aromatic amines is 1. The molecule has 5 rings (SSSR count). The average molecular weight is 755 g/mol. The molecule has 1 aromatic heterocycles. The van der Waals surface area contributed by atoms with Crippen molar-refractivity contribution in [2.75, 3.05) is 35.0 Å². The van der Waals surface area contributed by atoms with E-state index >= 15 is 0 Å². The van der Waals surface area contributed by atoms with Gasteiger partial charge in [-0.25, -0.2) is 9.59 Å². The average Bonchev–Trinajstić information content (AvgIpc) is 3.82. The van der Waals surface area contributed by atoms with E-state index in [2.05, 4.69) is 10.3 Å². The Balaban J connectivity index is 1.48. The van der Waals surface area contributed by atoms with Crippen molar-refractivity contribution in [3.8, 4) is 0 Å². The molecule has 2 fully saturated rings. The summed E-state index contributed by atoms with van der Waals surface area (Å²) in [6.07, 6.45) is -5.46. The van der Waals surface area contributed by atoms with Crippen LogP contribution in [0.3, 0.4) is 0 Å². The van der Waals surface area contributed by atoms with Crippen LogP contribution in [0.1, 0.15) is 71.8 Å². The van der Waals surface area contributed by atoms with Gasteiger partial charge < -0.3 is 48.2 Å². The summed E-state index contributed by atoms with van der Waals surface area (Å²) in [4.78, 5) is 93.2. The number of cyclic esters (lactones) is 1. The highest BCUT2D eigenvalue weighted by Crippen LogP contribution is 2.39. The van der Waals surface area contributed by atoms with Crippen molar-refractivity contribution in [3.05, 3.63) is 69.6 Å². The summed E-state index contributed by atoms with van der Waals surface area (Å²) in [5.74, 6) is -4.93. The standard InChI is InChI=1S/C37H42N2O15/c1-37(17-24-22(15-28(42)49-4)20(11-13-26(40)47-2)30(38-24)34(45)50-5)23(21(33(44)39-37)12-14-27(41)48-3)16-29(43)53-32-31-25(18-51-35(32)46)52-36(54-31)19-9-7-6-8-10-19/h6-10,25,31-32,36,38H,11-18H2,1-5H3,(H,39,44)/t25-,31-,32-,36-,37+/m1/s1. The Kier molecular flexibility index (Phi) is 12.5. The monoisotopic (exact) mass is 754 g/mol. The van der Waals surface area contributed by atoms with Gasteiger partial charge in [0.25, 0.3) is 0 Å². The lowest BCUT2D eigenvalue weighted by Gasteiger charge is -2.31. The second-order valence-corrected chi connectivity index (χ2v) is 13.0. The van der Waals surface area contributed by atoms with Gasteiger partial charge in [0.15, 0.2) is 6.29 Å². The Labute approximate surface area is 309 Å². The highest BCUT2D eigenvalue weighted by Gasteiger charge is 2.52. The number of ether oxygens (including phenoxy) is 8. The van der Waals surface area contributed by atoms with Crippen LogP contribution in [0.5, 0.6) is 0 Å². The van der Waals surface area contributed by atoms with Gasteiger partial charge in [-0.3, -0.25) is 24.0 Å². The van der Waals surface area contributed by atoms with Crippen LogP contribution in [0.4, 0.5) is 0 Å². The minimum absolute atomic E-state index is 0.0149. The largest absolute Gasteiger partial charge is 0.469 e. The van der Waals surface area contributed by atoms with Gasteiger partial charge in [0.1, 0.15) is 24.5 Å². The minimum atomic E-state index is -1.49. The zero-order valence-electron chi connectivity index (χ0n) is 30.5. The lowest BCUT2D eigenvalue weighted by Crippen LogP contribution is -2.51. The molecule has 3 aliphatic heterocycles. The number of rotatable bonds is 15. The number of methoxy groups -OCH3 is 4. The number of aromatic nitrogens is 1. The maximum atomic E-state index is 13.8. The molecular formula is C37H42N2O15. The van der Waals surface area contributed by atoms with Gasteiger partial charge in [-0.2, -0.15) is 0 Å². The van der Waals surface area contributed by atoms with Crippen molar-refractivity contribution >= 4 is 41.7 Å². The number of carbonyl (C=O) groups is 7. The number of amides is 1. The van der Waals surface area contributed by atoms with E-state index in [-0.39, 0.29) is 62.0 Å². The van der Waals surface area contributed by atoms with Crippen molar-refractivity contribution in [1.29, 1.82) is 0 Å². The van der Waals surface area contributed by atoms with Crippen LogP contribution in [0.15, 0.2) is 41.5 Å². The first-order chi connectivity index (χ1) is 25.8. The number of benzene rings is 1. The van der Waals surface area contributed by atoms with Gasteiger partial charge in [-0.1, -0.05) is 30.3 Å². The maximum Gasteiger partial charge on any atom is 0.354 e. The molecule has 2 saturated heterocycles. The van der Waals surface area contributed by atoms with E-state index in [1.165, 1.54) is 28.4 Å². The van der Waals surface area contributed by atoms with Crippen LogP contribution in [0, 0.1) is 0 Å². The van der Waals surface area contributed by atoms with Gasteiger partial charge >= 0.3 is 35.8 Å². The highest BCUT2D eigenvalue weighted by molar-refractivity contribution is 6.00. The predicted octanol–water partition coefficient (Wildman–Crippen LogP) is 1.64. The van der Waals surface area contributed by atoms with E-state index in [1.807, 2.05) is 6.07 Å². The number of H-pyrrole nitrogens is 1. The lowest BCUT2D eigenvalue weighted by atomic mass is 9.83. The first kappa shape index (κ1) is 39.7. The van der Waals surface area contributed by atoms with E-state index in [0.717, 1.165) is 0 Å². The molecule has 1 amide bonds. The summed E-state index contributed by atoms with van der Waals surface area (Å²) in [6, 6.07) is 9.00. The van der Waals surface area contributed by atoms with Crippen molar-refractivity contribution < 1.29 is 71.5 Å². The highest BCUT2D eigenvalue weighted by atomic mass is 16.8. The normalized spacial score (nSPS) is 23.2. The molecule has 0 aliphatic carbocycles. The Bertz CT molecular complexity index is 1830. The van der Waals surface area contributed by atoms with Crippen LogP contribution in [-0.2, 0) is 85.9 Å². The first-order valence-electron chi connectivity index (χ1n) is 17.1. The molecule has 3 aliphatic rings. The quantitative estimate of drug-likeness (QED) is 0.195. The molecule has 2 N–H and O–H groups in total. The molecule has 0 saturated carbocycles. The van der Waals surface area contributed by atoms with Gasteiger partial charge in [0, 0.05) is 36.1 Å². The van der Waals surface area contributed by atoms with Crippen LogP contribution in [0.25, 0.3) is 0 Å². The Morgan fingerprint density at radius 3 is 2.13 bits per heavy atom. The maximum absolute atomic E-state index is 13.8. The third kappa shape index (κ3) is 8.63. The lowest BCUT2D eigenvalue weighted by molar-refractivity contribution is -0.187. The summed E-state index contributed by atoms with van der Waals surface area (Å²) < 4.78 is 42.4. The SMILES string of the molecule is COC(=O)CCC1=C(CC(=O)O[C@H]2C(=O)OC[C@H]3O[C@@H](c4ccccc4)O[C@H]32)[C@](C)(Cc2[nH]c(C(=O)OC)c(CCC(=O)OC)c2CC(=O)OC)NC1=O. The summed E-state index contributed by atoms with van der Waals surface area (Å²) in [6.45, 7) is 1.51. The Morgan fingerprint density at radius 1 is 0.815 bits per heavy atom. The molecule has 0 bridgehead atoms. The van der Waals surface area contributed by atoms with Crippen molar-refractivity contribution in [2.45, 2.75) is 82.0 Å². The van der Waals surface area contributed by atoms with Crippen LogP contribution >= 0.6 is 0 Å². The van der Waals surface area contributed by atoms with Gasteiger partial charge in [0.05, 0.1) is 46.8 Å². The molecule has 1 aromatic carbocycles. The molecule has 17 heteroatoms. The molecule has 4 heterocycles. The van der Waals surface area contributed by atoms with Gasteiger partial charge in [-0.05, 0) is 36.5 Å². The zero-order valence-corrected chi connectivity index (χ0v) is 30.5. The number of carbonyl (C=O) groups excluding carboxylic acids is 7. The fraction of sp³-hybridized carbons (Fsp3) is 0.486. The second-order valence-electron chi connectivity index (χ2n) is 13.0. The number of hydrogen-bond donors (Lipinski definition) is 2. The van der Waals surface area contributed by atoms with Crippen LogP contribution < -0.4 is 5.32 Å². The predicted molar refractivity (Wildman–Crippen MR) is 181 cm³/mol. The molecule has 2 aromatic rings.